The van der Waals surface area contributed by atoms with Gasteiger partial charge in [0, 0.05) is 6.04 Å². The van der Waals surface area contributed by atoms with Crippen LogP contribution in [0.25, 0.3) is 0 Å². The first-order valence-electron chi connectivity index (χ1n) is 6.87. The van der Waals surface area contributed by atoms with Crippen LogP contribution < -0.4 is 5.32 Å². The molecule has 0 amide bonds. The van der Waals surface area contributed by atoms with Gasteiger partial charge in [-0.2, -0.15) is 0 Å². The number of hydrogen-bond acceptors (Lipinski definition) is 1. The van der Waals surface area contributed by atoms with Crippen LogP contribution in [0.15, 0.2) is 0 Å². The van der Waals surface area contributed by atoms with Crippen LogP contribution >= 0.6 is 0 Å². The molecule has 0 radical (unpaired) electrons. The lowest BCUT2D eigenvalue weighted by Gasteiger charge is -2.24. The highest BCUT2D eigenvalue weighted by molar-refractivity contribution is 4.72. The van der Waals surface area contributed by atoms with Gasteiger partial charge in [0.1, 0.15) is 0 Å². The van der Waals surface area contributed by atoms with E-state index in [2.05, 4.69) is 39.9 Å². The third-order valence-corrected chi connectivity index (χ3v) is 3.21. The lowest BCUT2D eigenvalue weighted by atomic mass is 9.90. The van der Waals surface area contributed by atoms with Gasteiger partial charge in [-0.05, 0) is 37.6 Å². The van der Waals surface area contributed by atoms with E-state index < -0.39 is 0 Å². The zero-order valence-corrected chi connectivity index (χ0v) is 11.5. The lowest BCUT2D eigenvalue weighted by Crippen LogP contribution is -2.33. The van der Waals surface area contributed by atoms with Gasteiger partial charge in [-0.15, -0.1) is 0 Å². The number of hydrogen-bond donors (Lipinski definition) is 1. The lowest BCUT2D eigenvalue weighted by molar-refractivity contribution is 0.326. The van der Waals surface area contributed by atoms with Crippen molar-refractivity contribution in [2.45, 2.75) is 72.8 Å². The maximum Gasteiger partial charge on any atom is 0.00721 e. The molecule has 15 heavy (non-hydrogen) atoms. The van der Waals surface area contributed by atoms with Crippen molar-refractivity contribution in [2.24, 2.45) is 11.8 Å². The Morgan fingerprint density at radius 2 is 1.53 bits per heavy atom. The quantitative estimate of drug-likeness (QED) is 0.604. The Labute approximate surface area is 97.0 Å². The topological polar surface area (TPSA) is 12.0 Å². The van der Waals surface area contributed by atoms with E-state index in [1.165, 1.54) is 38.6 Å². The fourth-order valence-electron chi connectivity index (χ4n) is 2.20. The Balaban J connectivity index is 3.97. The minimum Gasteiger partial charge on any atom is -0.314 e. The molecule has 92 valence electrons. The highest BCUT2D eigenvalue weighted by atomic mass is 14.9. The zero-order valence-electron chi connectivity index (χ0n) is 11.5. The van der Waals surface area contributed by atoms with Crippen LogP contribution in [-0.2, 0) is 0 Å². The molecule has 0 aliphatic carbocycles. The van der Waals surface area contributed by atoms with Gasteiger partial charge in [-0.3, -0.25) is 0 Å². The first kappa shape index (κ1) is 15.0. The fourth-order valence-corrected chi connectivity index (χ4v) is 2.20. The summed E-state index contributed by atoms with van der Waals surface area (Å²) in [7, 11) is 0. The van der Waals surface area contributed by atoms with Crippen molar-refractivity contribution >= 4 is 0 Å². The normalized spacial score (nSPS) is 13.8. The molecule has 0 saturated carbocycles. The molecule has 0 aromatic carbocycles. The van der Waals surface area contributed by atoms with Crippen molar-refractivity contribution in [3.05, 3.63) is 0 Å². The highest BCUT2D eigenvalue weighted by Gasteiger charge is 2.14. The summed E-state index contributed by atoms with van der Waals surface area (Å²) < 4.78 is 0. The van der Waals surface area contributed by atoms with Gasteiger partial charge in [0.15, 0.2) is 0 Å². The van der Waals surface area contributed by atoms with Crippen LogP contribution in [0.2, 0.25) is 0 Å². The second kappa shape index (κ2) is 9.21. The summed E-state index contributed by atoms with van der Waals surface area (Å²) >= 11 is 0. The standard InChI is InChI=1S/C14H31N/c1-6-9-15-14(10-12(4)5)11-13(7-2)8-3/h12-15H,6-11H2,1-5H3. The first-order valence-corrected chi connectivity index (χ1v) is 6.87. The molecule has 1 nitrogen and oxygen atoms in total. The SMILES string of the molecule is CCCNC(CC(C)C)CC(CC)CC. The molecule has 1 N–H and O–H groups in total. The molecule has 0 aromatic heterocycles. The summed E-state index contributed by atoms with van der Waals surface area (Å²) in [5.74, 6) is 1.73. The molecular formula is C14H31N. The molecule has 0 fully saturated rings. The third-order valence-electron chi connectivity index (χ3n) is 3.21. The smallest absolute Gasteiger partial charge is 0.00721 e. The minimum absolute atomic E-state index is 0.745. The van der Waals surface area contributed by atoms with E-state index in [9.17, 15) is 0 Å². The predicted octanol–water partition coefficient (Wildman–Crippen LogP) is 4.23. The zero-order chi connectivity index (χ0) is 11.7. The van der Waals surface area contributed by atoms with E-state index >= 15 is 0 Å². The summed E-state index contributed by atoms with van der Waals surface area (Å²) in [5.41, 5.74) is 0. The Hall–Kier alpha value is -0.0400. The average Bonchev–Trinajstić information content (AvgIpc) is 2.21. The van der Waals surface area contributed by atoms with Crippen LogP contribution in [-0.4, -0.2) is 12.6 Å². The Bertz CT molecular complexity index is 127. The molecule has 0 spiro atoms. The second-order valence-electron chi connectivity index (χ2n) is 5.20. The molecule has 0 aliphatic heterocycles. The van der Waals surface area contributed by atoms with E-state index in [1.54, 1.807) is 0 Å². The molecule has 1 atom stereocenters. The van der Waals surface area contributed by atoms with Crippen molar-refractivity contribution in [1.82, 2.24) is 5.32 Å². The van der Waals surface area contributed by atoms with Crippen LogP contribution in [0.3, 0.4) is 0 Å². The Morgan fingerprint density at radius 3 is 1.93 bits per heavy atom. The molecule has 0 aliphatic rings. The van der Waals surface area contributed by atoms with E-state index in [-0.39, 0.29) is 0 Å². The third kappa shape index (κ3) is 7.84. The van der Waals surface area contributed by atoms with Gasteiger partial charge in [0.05, 0.1) is 0 Å². The average molecular weight is 213 g/mol. The summed E-state index contributed by atoms with van der Waals surface area (Å²) in [6.07, 6.45) is 6.61. The van der Waals surface area contributed by atoms with Crippen LogP contribution in [0.4, 0.5) is 0 Å². The van der Waals surface area contributed by atoms with E-state index in [0.717, 1.165) is 17.9 Å². The fraction of sp³-hybridized carbons (Fsp3) is 1.00. The van der Waals surface area contributed by atoms with Gasteiger partial charge >= 0.3 is 0 Å². The summed E-state index contributed by atoms with van der Waals surface area (Å²) in [5, 5.41) is 3.70. The number of nitrogens with one attached hydrogen (secondary N) is 1. The van der Waals surface area contributed by atoms with Crippen LogP contribution in [0.5, 0.6) is 0 Å². The molecular weight excluding hydrogens is 182 g/mol. The van der Waals surface area contributed by atoms with E-state index in [0.29, 0.717) is 0 Å². The van der Waals surface area contributed by atoms with Crippen molar-refractivity contribution in [2.75, 3.05) is 6.54 Å². The molecule has 1 unspecified atom stereocenters. The van der Waals surface area contributed by atoms with Gasteiger partial charge in [0.2, 0.25) is 0 Å². The Morgan fingerprint density at radius 1 is 0.933 bits per heavy atom. The largest absolute Gasteiger partial charge is 0.314 e. The van der Waals surface area contributed by atoms with Crippen molar-refractivity contribution < 1.29 is 0 Å². The van der Waals surface area contributed by atoms with Gasteiger partial charge in [0.25, 0.3) is 0 Å². The van der Waals surface area contributed by atoms with Gasteiger partial charge in [-0.1, -0.05) is 47.5 Å². The van der Waals surface area contributed by atoms with Gasteiger partial charge < -0.3 is 5.32 Å². The van der Waals surface area contributed by atoms with Crippen molar-refractivity contribution in [1.29, 1.82) is 0 Å². The van der Waals surface area contributed by atoms with Crippen LogP contribution in [0, 0.1) is 11.8 Å². The number of rotatable bonds is 9. The molecule has 0 saturated heterocycles. The van der Waals surface area contributed by atoms with Crippen molar-refractivity contribution in [3.63, 3.8) is 0 Å². The molecule has 0 rings (SSSR count). The minimum atomic E-state index is 0.745. The molecule has 0 heterocycles. The predicted molar refractivity (Wildman–Crippen MR) is 70.2 cm³/mol. The molecule has 1 heteroatoms. The maximum atomic E-state index is 3.70. The molecule has 0 bridgehead atoms. The summed E-state index contributed by atoms with van der Waals surface area (Å²) in [4.78, 5) is 0. The second-order valence-corrected chi connectivity index (χ2v) is 5.20. The van der Waals surface area contributed by atoms with E-state index in [1.807, 2.05) is 0 Å². The summed E-state index contributed by atoms with van der Waals surface area (Å²) in [6, 6.07) is 0.745. The van der Waals surface area contributed by atoms with Gasteiger partial charge in [-0.25, -0.2) is 0 Å². The van der Waals surface area contributed by atoms with Crippen LogP contribution in [0.1, 0.15) is 66.7 Å². The Kier molecular flexibility index (Phi) is 9.18. The first-order chi connectivity index (χ1) is 7.13. The monoisotopic (exact) mass is 213 g/mol. The highest BCUT2D eigenvalue weighted by Crippen LogP contribution is 2.19. The maximum absolute atomic E-state index is 3.70. The van der Waals surface area contributed by atoms with Crippen molar-refractivity contribution in [3.8, 4) is 0 Å². The molecule has 0 aromatic rings. The summed E-state index contributed by atoms with van der Waals surface area (Å²) in [6.45, 7) is 12.7. The van der Waals surface area contributed by atoms with E-state index in [4.69, 9.17) is 0 Å².